The normalized spacial score (nSPS) is 28.9. The average molecular weight is 228 g/mol. The van der Waals surface area contributed by atoms with E-state index in [2.05, 4.69) is 12.2 Å². The van der Waals surface area contributed by atoms with Gasteiger partial charge in [0.05, 0.1) is 18.1 Å². The lowest BCUT2D eigenvalue weighted by atomic mass is 9.62. The number of hydrogen-bond donors (Lipinski definition) is 2. The Hall–Kier alpha value is -0.610. The van der Waals surface area contributed by atoms with Gasteiger partial charge >= 0.3 is 0 Å². The first kappa shape index (κ1) is 13.5. The van der Waals surface area contributed by atoms with Gasteiger partial charge in [0.1, 0.15) is 0 Å². The molecule has 16 heavy (non-hydrogen) atoms. The van der Waals surface area contributed by atoms with Gasteiger partial charge in [-0.3, -0.25) is 4.79 Å². The lowest BCUT2D eigenvalue weighted by molar-refractivity contribution is -0.138. The molecule has 0 aromatic carbocycles. The Kier molecular flexibility index (Phi) is 4.74. The molecule has 1 fully saturated rings. The molecule has 0 aliphatic heterocycles. The Morgan fingerprint density at radius 3 is 2.62 bits per heavy atom. The van der Waals surface area contributed by atoms with E-state index in [0.717, 1.165) is 12.8 Å². The third kappa shape index (κ3) is 3.19. The van der Waals surface area contributed by atoms with Crippen molar-refractivity contribution < 1.29 is 9.53 Å². The molecule has 4 nitrogen and oxygen atoms in total. The van der Waals surface area contributed by atoms with E-state index in [4.69, 9.17) is 10.5 Å². The van der Waals surface area contributed by atoms with Crippen LogP contribution in [-0.2, 0) is 9.53 Å². The maximum absolute atomic E-state index is 11.9. The van der Waals surface area contributed by atoms with E-state index in [1.54, 1.807) is 0 Å². The van der Waals surface area contributed by atoms with Gasteiger partial charge in [0.15, 0.2) is 0 Å². The van der Waals surface area contributed by atoms with Crippen LogP contribution >= 0.6 is 0 Å². The number of carbonyl (C=O) groups is 1. The standard InChI is InChI=1S/C12H24N2O2/c1-9(2)16-5-4-14-11(15)12(8-13)6-10(3)7-12/h9-10H,4-8,13H2,1-3H3,(H,14,15). The van der Waals surface area contributed by atoms with Gasteiger partial charge in [0.25, 0.3) is 0 Å². The predicted octanol–water partition coefficient (Wildman–Crippen LogP) is 0.903. The molecule has 0 saturated heterocycles. The average Bonchev–Trinajstić information content (AvgIpc) is 2.18. The monoisotopic (exact) mass is 228 g/mol. The predicted molar refractivity (Wildman–Crippen MR) is 64.0 cm³/mol. The first-order valence-electron chi connectivity index (χ1n) is 6.10. The van der Waals surface area contributed by atoms with Crippen molar-refractivity contribution in [1.29, 1.82) is 0 Å². The molecular weight excluding hydrogens is 204 g/mol. The van der Waals surface area contributed by atoms with E-state index in [9.17, 15) is 4.79 Å². The third-order valence-electron chi connectivity index (χ3n) is 3.19. The molecule has 0 bridgehead atoms. The van der Waals surface area contributed by atoms with E-state index in [1.165, 1.54) is 0 Å². The Labute approximate surface area is 97.9 Å². The van der Waals surface area contributed by atoms with Gasteiger partial charge in [-0.25, -0.2) is 0 Å². The molecule has 1 aliphatic rings. The molecular formula is C12H24N2O2. The molecule has 0 aromatic heterocycles. The van der Waals surface area contributed by atoms with Crippen LogP contribution in [0.1, 0.15) is 33.6 Å². The Morgan fingerprint density at radius 1 is 1.56 bits per heavy atom. The number of ether oxygens (including phenoxy) is 1. The highest BCUT2D eigenvalue weighted by molar-refractivity contribution is 5.83. The minimum absolute atomic E-state index is 0.0976. The molecule has 1 aliphatic carbocycles. The van der Waals surface area contributed by atoms with Crippen molar-refractivity contribution >= 4 is 5.91 Å². The molecule has 94 valence electrons. The van der Waals surface area contributed by atoms with E-state index < -0.39 is 0 Å². The summed E-state index contributed by atoms with van der Waals surface area (Å²) in [6, 6.07) is 0. The van der Waals surface area contributed by atoms with Gasteiger partial charge in [-0.15, -0.1) is 0 Å². The summed E-state index contributed by atoms with van der Waals surface area (Å²) in [5.41, 5.74) is 5.40. The Balaban J connectivity index is 2.24. The fraction of sp³-hybridized carbons (Fsp3) is 0.917. The molecule has 0 heterocycles. The van der Waals surface area contributed by atoms with E-state index in [1.807, 2.05) is 13.8 Å². The summed E-state index contributed by atoms with van der Waals surface area (Å²) in [7, 11) is 0. The Morgan fingerprint density at radius 2 is 2.19 bits per heavy atom. The SMILES string of the molecule is CC1CC(CN)(C(=O)NCCOC(C)C)C1. The van der Waals surface area contributed by atoms with Crippen LogP contribution in [0.3, 0.4) is 0 Å². The minimum Gasteiger partial charge on any atom is -0.377 e. The molecule has 0 spiro atoms. The van der Waals surface area contributed by atoms with Crippen LogP contribution in [0.25, 0.3) is 0 Å². The number of carbonyl (C=O) groups excluding carboxylic acids is 1. The van der Waals surface area contributed by atoms with E-state index in [0.29, 0.717) is 25.6 Å². The molecule has 1 saturated carbocycles. The number of nitrogens with two attached hydrogens (primary N) is 1. The van der Waals surface area contributed by atoms with Crippen LogP contribution in [0.2, 0.25) is 0 Å². The van der Waals surface area contributed by atoms with Gasteiger partial charge < -0.3 is 15.8 Å². The molecule has 0 aromatic rings. The van der Waals surface area contributed by atoms with Crippen LogP contribution in [0.15, 0.2) is 0 Å². The van der Waals surface area contributed by atoms with Gasteiger partial charge in [-0.05, 0) is 32.6 Å². The fourth-order valence-electron chi connectivity index (χ4n) is 2.37. The van der Waals surface area contributed by atoms with Gasteiger partial charge in [0, 0.05) is 13.1 Å². The molecule has 0 atom stereocenters. The number of hydrogen-bond acceptors (Lipinski definition) is 3. The molecule has 3 N–H and O–H groups in total. The summed E-state index contributed by atoms with van der Waals surface area (Å²) in [5, 5.41) is 2.91. The Bertz CT molecular complexity index is 235. The van der Waals surface area contributed by atoms with Crippen molar-refractivity contribution in [1.82, 2.24) is 5.32 Å². The number of amides is 1. The summed E-state index contributed by atoms with van der Waals surface area (Å²) < 4.78 is 5.37. The number of rotatable bonds is 6. The van der Waals surface area contributed by atoms with Crippen LogP contribution in [0.5, 0.6) is 0 Å². The zero-order valence-corrected chi connectivity index (χ0v) is 10.6. The maximum atomic E-state index is 11.9. The van der Waals surface area contributed by atoms with Crippen LogP contribution in [0, 0.1) is 11.3 Å². The lowest BCUT2D eigenvalue weighted by Gasteiger charge is -2.44. The quantitative estimate of drug-likeness (QED) is 0.664. The summed E-state index contributed by atoms with van der Waals surface area (Å²) in [4.78, 5) is 11.9. The summed E-state index contributed by atoms with van der Waals surface area (Å²) in [5.74, 6) is 0.724. The zero-order valence-electron chi connectivity index (χ0n) is 10.6. The van der Waals surface area contributed by atoms with Crippen molar-refractivity contribution in [2.24, 2.45) is 17.1 Å². The molecule has 1 amide bonds. The molecule has 4 heteroatoms. The summed E-state index contributed by atoms with van der Waals surface area (Å²) >= 11 is 0. The van der Waals surface area contributed by atoms with Crippen LogP contribution in [0.4, 0.5) is 0 Å². The van der Waals surface area contributed by atoms with E-state index >= 15 is 0 Å². The smallest absolute Gasteiger partial charge is 0.227 e. The topological polar surface area (TPSA) is 64.4 Å². The van der Waals surface area contributed by atoms with Crippen LogP contribution in [-0.4, -0.2) is 31.7 Å². The highest BCUT2D eigenvalue weighted by Gasteiger charge is 2.46. The van der Waals surface area contributed by atoms with Crippen molar-refractivity contribution in [2.45, 2.75) is 39.7 Å². The minimum atomic E-state index is -0.294. The van der Waals surface area contributed by atoms with Gasteiger partial charge in [-0.2, -0.15) is 0 Å². The fourth-order valence-corrected chi connectivity index (χ4v) is 2.37. The second-order valence-corrected chi connectivity index (χ2v) is 5.17. The third-order valence-corrected chi connectivity index (χ3v) is 3.19. The van der Waals surface area contributed by atoms with Crippen LogP contribution < -0.4 is 11.1 Å². The highest BCUT2D eigenvalue weighted by Crippen LogP contribution is 2.44. The van der Waals surface area contributed by atoms with Gasteiger partial charge in [-0.1, -0.05) is 6.92 Å². The molecule has 1 rings (SSSR count). The van der Waals surface area contributed by atoms with Crippen molar-refractivity contribution in [2.75, 3.05) is 19.7 Å². The second kappa shape index (κ2) is 5.64. The summed E-state index contributed by atoms with van der Waals surface area (Å²) in [6.45, 7) is 7.72. The summed E-state index contributed by atoms with van der Waals surface area (Å²) in [6.07, 6.45) is 2.05. The zero-order chi connectivity index (χ0) is 12.2. The van der Waals surface area contributed by atoms with Gasteiger partial charge in [0.2, 0.25) is 5.91 Å². The lowest BCUT2D eigenvalue weighted by Crippen LogP contribution is -2.53. The first-order valence-corrected chi connectivity index (χ1v) is 6.10. The molecule has 0 unspecified atom stereocenters. The van der Waals surface area contributed by atoms with Crippen molar-refractivity contribution in [3.63, 3.8) is 0 Å². The largest absolute Gasteiger partial charge is 0.377 e. The molecule has 0 radical (unpaired) electrons. The number of nitrogens with one attached hydrogen (secondary N) is 1. The highest BCUT2D eigenvalue weighted by atomic mass is 16.5. The van der Waals surface area contributed by atoms with Crippen molar-refractivity contribution in [3.05, 3.63) is 0 Å². The maximum Gasteiger partial charge on any atom is 0.227 e. The second-order valence-electron chi connectivity index (χ2n) is 5.17. The van der Waals surface area contributed by atoms with Crippen molar-refractivity contribution in [3.8, 4) is 0 Å². The van der Waals surface area contributed by atoms with E-state index in [-0.39, 0.29) is 17.4 Å². The first-order chi connectivity index (χ1) is 7.50.